The van der Waals surface area contributed by atoms with E-state index in [4.69, 9.17) is 0 Å². The van der Waals surface area contributed by atoms with E-state index in [2.05, 4.69) is 15.3 Å². The van der Waals surface area contributed by atoms with Crippen LogP contribution in [0.15, 0.2) is 24.3 Å². The summed E-state index contributed by atoms with van der Waals surface area (Å²) >= 11 is 0. The van der Waals surface area contributed by atoms with Crippen molar-refractivity contribution in [1.29, 1.82) is 0 Å². The number of halogens is 1. The predicted octanol–water partition coefficient (Wildman–Crippen LogP) is 2.95. The van der Waals surface area contributed by atoms with Crippen molar-refractivity contribution in [2.45, 2.75) is 25.8 Å². The first-order chi connectivity index (χ1) is 8.75. The third kappa shape index (κ3) is 1.93. The summed E-state index contributed by atoms with van der Waals surface area (Å²) in [4.78, 5) is 7.84. The molecule has 0 amide bonds. The summed E-state index contributed by atoms with van der Waals surface area (Å²) in [6.07, 6.45) is 2.25. The van der Waals surface area contributed by atoms with Gasteiger partial charge < -0.3 is 10.3 Å². The van der Waals surface area contributed by atoms with Crippen molar-refractivity contribution in [3.8, 4) is 11.3 Å². The van der Waals surface area contributed by atoms with Gasteiger partial charge in [-0.3, -0.25) is 0 Å². The van der Waals surface area contributed by atoms with Gasteiger partial charge in [-0.2, -0.15) is 0 Å². The van der Waals surface area contributed by atoms with Crippen LogP contribution in [0.2, 0.25) is 0 Å². The lowest BCUT2D eigenvalue weighted by molar-refractivity contribution is 0.611. The number of aryl methyl sites for hydroxylation is 1. The molecule has 1 fully saturated rings. The molecule has 1 aliphatic heterocycles. The molecule has 2 heterocycles. The molecule has 1 aromatic carbocycles. The smallest absolute Gasteiger partial charge is 0.132 e. The number of aromatic nitrogens is 2. The van der Waals surface area contributed by atoms with Crippen molar-refractivity contribution in [2.75, 3.05) is 6.54 Å². The van der Waals surface area contributed by atoms with Crippen molar-refractivity contribution < 1.29 is 4.39 Å². The first-order valence-corrected chi connectivity index (χ1v) is 6.30. The maximum atomic E-state index is 13.8. The summed E-state index contributed by atoms with van der Waals surface area (Å²) in [7, 11) is 0. The molecule has 2 N–H and O–H groups in total. The van der Waals surface area contributed by atoms with E-state index in [1.165, 1.54) is 12.5 Å². The van der Waals surface area contributed by atoms with Crippen LogP contribution >= 0.6 is 0 Å². The Morgan fingerprint density at radius 2 is 2.17 bits per heavy atom. The Hall–Kier alpha value is -1.68. The fraction of sp³-hybridized carbons (Fsp3) is 0.357. The van der Waals surface area contributed by atoms with Gasteiger partial charge in [0, 0.05) is 11.3 Å². The molecule has 0 spiro atoms. The Bertz CT molecular complexity index is 556. The third-order valence-electron chi connectivity index (χ3n) is 3.42. The summed E-state index contributed by atoms with van der Waals surface area (Å²) in [6.45, 7) is 2.96. The number of aromatic amines is 1. The Balaban J connectivity index is 2.00. The normalized spacial score (nSPS) is 19.3. The molecule has 3 nitrogen and oxygen atoms in total. The second-order valence-corrected chi connectivity index (χ2v) is 4.72. The number of hydrogen-bond donors (Lipinski definition) is 2. The van der Waals surface area contributed by atoms with Crippen molar-refractivity contribution in [3.63, 3.8) is 0 Å². The van der Waals surface area contributed by atoms with Gasteiger partial charge in [-0.15, -0.1) is 0 Å². The number of nitrogens with one attached hydrogen (secondary N) is 2. The minimum absolute atomic E-state index is 0.224. The standard InChI is InChI=1S/C14H16FN3/c1-9-13(10-5-2-3-6-11(10)15)18-14(17-9)12-7-4-8-16-12/h2-3,5-6,12,16H,4,7-8H2,1H3,(H,17,18). The second kappa shape index (κ2) is 4.53. The van der Waals surface area contributed by atoms with E-state index in [1.807, 2.05) is 13.0 Å². The molecule has 1 aromatic heterocycles. The first kappa shape index (κ1) is 11.4. The Morgan fingerprint density at radius 1 is 1.33 bits per heavy atom. The van der Waals surface area contributed by atoms with E-state index in [0.717, 1.165) is 30.2 Å². The highest BCUT2D eigenvalue weighted by Gasteiger charge is 2.21. The van der Waals surface area contributed by atoms with E-state index in [1.54, 1.807) is 12.1 Å². The van der Waals surface area contributed by atoms with Gasteiger partial charge in [0.15, 0.2) is 0 Å². The molecule has 0 saturated carbocycles. The van der Waals surface area contributed by atoms with Gasteiger partial charge in [-0.25, -0.2) is 9.37 Å². The number of benzene rings is 1. The molecule has 1 saturated heterocycles. The highest BCUT2D eigenvalue weighted by molar-refractivity contribution is 5.62. The molecular formula is C14H16FN3. The maximum absolute atomic E-state index is 13.8. The molecule has 18 heavy (non-hydrogen) atoms. The molecule has 3 rings (SSSR count). The summed E-state index contributed by atoms with van der Waals surface area (Å²) in [5, 5.41) is 3.39. The van der Waals surface area contributed by atoms with Crippen molar-refractivity contribution >= 4 is 0 Å². The Morgan fingerprint density at radius 3 is 2.89 bits per heavy atom. The van der Waals surface area contributed by atoms with Gasteiger partial charge in [0.1, 0.15) is 11.6 Å². The van der Waals surface area contributed by atoms with Crippen LogP contribution in [0.5, 0.6) is 0 Å². The number of rotatable bonds is 2. The quantitative estimate of drug-likeness (QED) is 0.854. The van der Waals surface area contributed by atoms with Crippen LogP contribution in [0, 0.1) is 12.7 Å². The summed E-state index contributed by atoms with van der Waals surface area (Å²) in [6, 6.07) is 7.05. The van der Waals surface area contributed by atoms with Gasteiger partial charge in [-0.1, -0.05) is 12.1 Å². The largest absolute Gasteiger partial charge is 0.344 e. The minimum Gasteiger partial charge on any atom is -0.344 e. The number of nitrogens with zero attached hydrogens (tertiary/aromatic N) is 1. The summed E-state index contributed by atoms with van der Waals surface area (Å²) < 4.78 is 13.8. The monoisotopic (exact) mass is 245 g/mol. The SMILES string of the molecule is Cc1[nH]c(C2CCCN2)nc1-c1ccccc1F. The Kier molecular flexibility index (Phi) is 2.88. The van der Waals surface area contributed by atoms with E-state index in [9.17, 15) is 4.39 Å². The maximum Gasteiger partial charge on any atom is 0.132 e. The van der Waals surface area contributed by atoms with Crippen LogP contribution in [0.1, 0.15) is 30.4 Å². The highest BCUT2D eigenvalue weighted by atomic mass is 19.1. The topological polar surface area (TPSA) is 40.7 Å². The third-order valence-corrected chi connectivity index (χ3v) is 3.42. The number of imidazole rings is 1. The van der Waals surface area contributed by atoms with E-state index >= 15 is 0 Å². The Labute approximate surface area is 105 Å². The van der Waals surface area contributed by atoms with Crippen LogP contribution < -0.4 is 5.32 Å². The second-order valence-electron chi connectivity index (χ2n) is 4.72. The van der Waals surface area contributed by atoms with Crippen molar-refractivity contribution in [1.82, 2.24) is 15.3 Å². The molecule has 94 valence electrons. The van der Waals surface area contributed by atoms with Gasteiger partial charge in [0.05, 0.1) is 11.7 Å². The molecule has 4 heteroatoms. The summed E-state index contributed by atoms with van der Waals surface area (Å²) in [5.41, 5.74) is 2.20. The molecular weight excluding hydrogens is 229 g/mol. The van der Waals surface area contributed by atoms with Gasteiger partial charge in [0.2, 0.25) is 0 Å². The van der Waals surface area contributed by atoms with Crippen LogP contribution in [0.4, 0.5) is 4.39 Å². The number of H-pyrrole nitrogens is 1. The van der Waals surface area contributed by atoms with Crippen molar-refractivity contribution in [3.05, 3.63) is 41.6 Å². The fourth-order valence-corrected chi connectivity index (χ4v) is 2.48. The molecule has 0 radical (unpaired) electrons. The molecule has 0 bridgehead atoms. The van der Waals surface area contributed by atoms with Crippen LogP contribution in [0.25, 0.3) is 11.3 Å². The van der Waals surface area contributed by atoms with Crippen molar-refractivity contribution in [2.24, 2.45) is 0 Å². The van der Waals surface area contributed by atoms with E-state index in [-0.39, 0.29) is 11.9 Å². The van der Waals surface area contributed by atoms with Gasteiger partial charge in [-0.05, 0) is 38.4 Å². The lowest BCUT2D eigenvalue weighted by atomic mass is 10.1. The van der Waals surface area contributed by atoms with E-state index < -0.39 is 0 Å². The number of hydrogen-bond acceptors (Lipinski definition) is 2. The van der Waals surface area contributed by atoms with Crippen LogP contribution in [0.3, 0.4) is 0 Å². The lowest BCUT2D eigenvalue weighted by Gasteiger charge is -2.05. The van der Waals surface area contributed by atoms with Gasteiger partial charge >= 0.3 is 0 Å². The molecule has 2 aromatic rings. The molecule has 1 unspecified atom stereocenters. The lowest BCUT2D eigenvalue weighted by Crippen LogP contribution is -2.14. The average molecular weight is 245 g/mol. The summed E-state index contributed by atoms with van der Waals surface area (Å²) in [5.74, 6) is 0.696. The van der Waals surface area contributed by atoms with Crippen LogP contribution in [-0.2, 0) is 0 Å². The first-order valence-electron chi connectivity index (χ1n) is 6.30. The zero-order valence-corrected chi connectivity index (χ0v) is 10.3. The molecule has 0 aliphatic carbocycles. The highest BCUT2D eigenvalue weighted by Crippen LogP contribution is 2.28. The zero-order chi connectivity index (χ0) is 12.5. The molecule has 1 atom stereocenters. The van der Waals surface area contributed by atoms with Crippen LogP contribution in [-0.4, -0.2) is 16.5 Å². The predicted molar refractivity (Wildman–Crippen MR) is 68.7 cm³/mol. The zero-order valence-electron chi connectivity index (χ0n) is 10.3. The van der Waals surface area contributed by atoms with E-state index in [0.29, 0.717) is 5.56 Å². The molecule has 1 aliphatic rings. The average Bonchev–Trinajstić information content (AvgIpc) is 2.99. The van der Waals surface area contributed by atoms with Gasteiger partial charge in [0.25, 0.3) is 0 Å². The minimum atomic E-state index is -0.224. The fourth-order valence-electron chi connectivity index (χ4n) is 2.48.